The van der Waals surface area contributed by atoms with Crippen molar-refractivity contribution >= 4 is 29.2 Å². The first-order valence-corrected chi connectivity index (χ1v) is 13.0. The van der Waals surface area contributed by atoms with Crippen LogP contribution in [0, 0.1) is 24.2 Å². The second-order valence-electron chi connectivity index (χ2n) is 10.4. The van der Waals surface area contributed by atoms with Crippen molar-refractivity contribution in [2.75, 3.05) is 0 Å². The summed E-state index contributed by atoms with van der Waals surface area (Å²) in [7, 11) is 0. The van der Waals surface area contributed by atoms with Gasteiger partial charge < -0.3 is 9.84 Å². The number of alkyl halides is 1. The van der Waals surface area contributed by atoms with Crippen LogP contribution in [0.2, 0.25) is 0 Å². The van der Waals surface area contributed by atoms with E-state index < -0.39 is 29.8 Å². The zero-order valence-corrected chi connectivity index (χ0v) is 22.4. The van der Waals surface area contributed by atoms with Crippen molar-refractivity contribution in [1.29, 1.82) is 0 Å². The molecule has 0 spiro atoms. The molecule has 0 bridgehead atoms. The molecule has 5 nitrogen and oxygen atoms in total. The van der Waals surface area contributed by atoms with E-state index in [9.17, 15) is 19.1 Å². The molecule has 34 heavy (non-hydrogen) atoms. The predicted octanol–water partition coefficient (Wildman–Crippen LogP) is 6.24. The van der Waals surface area contributed by atoms with E-state index in [1.165, 1.54) is 11.3 Å². The van der Waals surface area contributed by atoms with Crippen LogP contribution in [0.5, 0.6) is 0 Å². The normalized spacial score (nSPS) is 32.1. The number of allylic oxidation sites excluding steroid dienone is 1. The van der Waals surface area contributed by atoms with Gasteiger partial charge in [-0.1, -0.05) is 33.8 Å². The van der Waals surface area contributed by atoms with E-state index in [1.54, 1.807) is 26.8 Å². The van der Waals surface area contributed by atoms with Crippen LogP contribution in [0.1, 0.15) is 84.3 Å². The van der Waals surface area contributed by atoms with Gasteiger partial charge in [-0.3, -0.25) is 9.59 Å². The van der Waals surface area contributed by atoms with Crippen molar-refractivity contribution in [1.82, 2.24) is 4.98 Å². The Bertz CT molecular complexity index is 919. The zero-order chi connectivity index (χ0) is 25.6. The van der Waals surface area contributed by atoms with Crippen LogP contribution in [0.4, 0.5) is 4.39 Å². The van der Waals surface area contributed by atoms with Crippen LogP contribution in [-0.2, 0) is 14.3 Å². The van der Waals surface area contributed by atoms with Crippen molar-refractivity contribution in [2.24, 2.45) is 17.3 Å². The van der Waals surface area contributed by atoms with Crippen molar-refractivity contribution in [3.05, 3.63) is 33.3 Å². The molecule has 5 atom stereocenters. The Morgan fingerprint density at radius 3 is 2.56 bits per heavy atom. The fourth-order valence-corrected chi connectivity index (χ4v) is 5.00. The first-order chi connectivity index (χ1) is 15.8. The summed E-state index contributed by atoms with van der Waals surface area (Å²) in [6.07, 6.45) is 2.53. The highest BCUT2D eigenvalue weighted by atomic mass is 32.1. The lowest BCUT2D eigenvalue weighted by Gasteiger charge is -2.32. The fourth-order valence-electron chi connectivity index (χ4n) is 4.43. The quantitative estimate of drug-likeness (QED) is 0.390. The molecule has 0 aromatic carbocycles. The average Bonchev–Trinajstić information content (AvgIpc) is 3.17. The zero-order valence-electron chi connectivity index (χ0n) is 21.6. The van der Waals surface area contributed by atoms with Gasteiger partial charge in [-0.2, -0.15) is 0 Å². The first-order valence-electron chi connectivity index (χ1n) is 12.1. The molecule has 2 heterocycles. The summed E-state index contributed by atoms with van der Waals surface area (Å²) in [6, 6.07) is 0. The van der Waals surface area contributed by atoms with Gasteiger partial charge in [-0.15, -0.1) is 11.3 Å². The summed E-state index contributed by atoms with van der Waals surface area (Å²) < 4.78 is 20.6. The molecule has 0 aliphatic carbocycles. The summed E-state index contributed by atoms with van der Waals surface area (Å²) in [6.45, 7) is 12.8. The molecule has 1 aromatic heterocycles. The van der Waals surface area contributed by atoms with Gasteiger partial charge in [0, 0.05) is 17.7 Å². The van der Waals surface area contributed by atoms with E-state index in [4.69, 9.17) is 4.74 Å². The maximum absolute atomic E-state index is 14.9. The number of aliphatic hydroxyl groups is 1. The van der Waals surface area contributed by atoms with Crippen molar-refractivity contribution in [3.63, 3.8) is 0 Å². The lowest BCUT2D eigenvalue weighted by Crippen LogP contribution is -2.42. The number of aryl methyl sites for hydroxylation is 1. The number of aliphatic hydroxyl groups excluding tert-OH is 1. The van der Waals surface area contributed by atoms with Crippen LogP contribution >= 0.6 is 11.3 Å². The molecule has 7 heteroatoms. The van der Waals surface area contributed by atoms with Gasteiger partial charge in [0.1, 0.15) is 18.1 Å². The van der Waals surface area contributed by atoms with E-state index >= 15 is 0 Å². The van der Waals surface area contributed by atoms with Gasteiger partial charge in [-0.25, -0.2) is 9.37 Å². The molecule has 190 valence electrons. The molecule has 1 N–H and O–H groups in total. The Balaban J connectivity index is 2.35. The second-order valence-corrected chi connectivity index (χ2v) is 11.5. The fraction of sp³-hybridized carbons (Fsp3) is 0.667. The molecule has 1 aliphatic rings. The van der Waals surface area contributed by atoms with Gasteiger partial charge in [0.2, 0.25) is 0 Å². The summed E-state index contributed by atoms with van der Waals surface area (Å²) in [5.41, 5.74) is 1.09. The van der Waals surface area contributed by atoms with Crippen LogP contribution in [0.25, 0.3) is 6.08 Å². The Morgan fingerprint density at radius 2 is 1.94 bits per heavy atom. The molecular formula is C27H40FNO4S. The van der Waals surface area contributed by atoms with Crippen molar-refractivity contribution in [2.45, 2.75) is 98.9 Å². The number of carbonyl (C=O) groups is 2. The number of ether oxygens (including phenoxy) is 1. The summed E-state index contributed by atoms with van der Waals surface area (Å²) in [5, 5.41) is 13.7. The minimum atomic E-state index is -1.16. The van der Waals surface area contributed by atoms with Crippen LogP contribution in [0.15, 0.2) is 22.6 Å². The molecule has 1 aliphatic heterocycles. The van der Waals surface area contributed by atoms with Crippen molar-refractivity contribution < 1.29 is 23.8 Å². The summed E-state index contributed by atoms with van der Waals surface area (Å²) in [5.74, 6) is -0.796. The van der Waals surface area contributed by atoms with Gasteiger partial charge in [-0.05, 0) is 63.2 Å². The largest absolute Gasteiger partial charge is 0.457 e. The molecule has 0 saturated heterocycles. The van der Waals surface area contributed by atoms with E-state index in [0.29, 0.717) is 31.3 Å². The van der Waals surface area contributed by atoms with Crippen LogP contribution < -0.4 is 0 Å². The molecule has 0 radical (unpaired) electrons. The van der Waals surface area contributed by atoms with E-state index in [1.807, 2.05) is 39.2 Å². The third-order valence-electron chi connectivity index (χ3n) is 6.89. The molecule has 0 amide bonds. The number of cyclic esters (lactones) is 1. The van der Waals surface area contributed by atoms with Gasteiger partial charge in [0.25, 0.3) is 0 Å². The van der Waals surface area contributed by atoms with Gasteiger partial charge in [0.15, 0.2) is 0 Å². The van der Waals surface area contributed by atoms with Crippen LogP contribution in [0.3, 0.4) is 0 Å². The molecule has 2 rings (SSSR count). The molecule has 1 aromatic rings. The third kappa shape index (κ3) is 7.84. The molecule has 0 saturated carbocycles. The topological polar surface area (TPSA) is 76.5 Å². The Kier molecular flexibility index (Phi) is 10.2. The highest BCUT2D eigenvalue weighted by molar-refractivity contribution is 7.09. The number of hydrogen-bond acceptors (Lipinski definition) is 6. The average molecular weight is 494 g/mol. The third-order valence-corrected chi connectivity index (χ3v) is 7.68. The minimum absolute atomic E-state index is 0.0915. The number of halogens is 1. The Hall–Kier alpha value is -1.86. The molecular weight excluding hydrogens is 453 g/mol. The SMILES string of the molecule is C/C1=C/CC(/C(C)=C/c2csc(C)n2)OC(=O)C[C@H](O)C(C)(C)C(=O)[C@H](C)CC(C)CCC1F. The van der Waals surface area contributed by atoms with E-state index in [2.05, 4.69) is 4.98 Å². The lowest BCUT2D eigenvalue weighted by molar-refractivity contribution is -0.153. The number of esters is 1. The molecule has 3 unspecified atom stereocenters. The van der Waals surface area contributed by atoms with E-state index in [-0.39, 0.29) is 24.0 Å². The summed E-state index contributed by atoms with van der Waals surface area (Å²) in [4.78, 5) is 30.3. The first kappa shape index (κ1) is 28.4. The lowest BCUT2D eigenvalue weighted by atomic mass is 9.74. The smallest absolute Gasteiger partial charge is 0.309 e. The number of Topliss-reactive ketones (excluding diaryl/α,β-unsaturated/α-hetero) is 1. The maximum Gasteiger partial charge on any atom is 0.309 e. The number of thiazole rings is 1. The highest BCUT2D eigenvalue weighted by Crippen LogP contribution is 2.32. The number of ketones is 1. The van der Waals surface area contributed by atoms with Gasteiger partial charge >= 0.3 is 5.97 Å². The van der Waals surface area contributed by atoms with Crippen LogP contribution in [-0.4, -0.2) is 40.2 Å². The standard InChI is InChI=1S/C27H40FNO4S/c1-16-8-10-22(28)17(2)9-11-23(18(3)13-21-15-34-20(5)29-21)33-25(31)14-24(30)27(6,7)26(32)19(4)12-16/h9,13,15-16,19,22-24,30H,8,10-12,14H2,1-7H3/b17-9-,18-13+/t16?,19-,22?,23?,24+/m1/s1. The number of carbonyl (C=O) groups excluding carboxylic acids is 2. The number of aromatic nitrogens is 1. The Labute approximate surface area is 207 Å². The van der Waals surface area contributed by atoms with E-state index in [0.717, 1.165) is 16.3 Å². The number of hydrogen-bond donors (Lipinski definition) is 1. The number of rotatable bonds is 2. The minimum Gasteiger partial charge on any atom is -0.457 e. The van der Waals surface area contributed by atoms with Crippen molar-refractivity contribution in [3.8, 4) is 0 Å². The number of nitrogens with zero attached hydrogens (tertiary/aromatic N) is 1. The predicted molar refractivity (Wildman–Crippen MR) is 135 cm³/mol. The highest BCUT2D eigenvalue weighted by Gasteiger charge is 2.40. The molecule has 0 fully saturated rings. The maximum atomic E-state index is 14.9. The van der Waals surface area contributed by atoms with Gasteiger partial charge in [0.05, 0.1) is 28.6 Å². The second kappa shape index (κ2) is 12.2. The monoisotopic (exact) mass is 493 g/mol. The Morgan fingerprint density at radius 1 is 1.26 bits per heavy atom. The summed E-state index contributed by atoms with van der Waals surface area (Å²) >= 11 is 1.53.